The number of carboxylic acids is 1. The molecule has 1 aromatic heterocycles. The quantitative estimate of drug-likeness (QED) is 0.563. The Balaban J connectivity index is 1.74. The predicted octanol–water partition coefficient (Wildman–Crippen LogP) is -0.192. The molecule has 0 bridgehead atoms. The number of carbonyl (C=O) groups excluding carboxylic acids is 2. The van der Waals surface area contributed by atoms with Gasteiger partial charge in [0, 0.05) is 5.56 Å². The topological polar surface area (TPSA) is 135 Å². The molecule has 10 nitrogen and oxygen atoms in total. The highest BCUT2D eigenvalue weighted by Crippen LogP contribution is 2.11. The minimum atomic E-state index is -1.04. The van der Waals surface area contributed by atoms with E-state index >= 15 is 0 Å². The second-order valence-corrected chi connectivity index (χ2v) is 5.22. The van der Waals surface area contributed by atoms with Crippen LogP contribution in [0.3, 0.4) is 0 Å². The summed E-state index contributed by atoms with van der Waals surface area (Å²) in [5.74, 6) is -1.16. The average molecular weight is 361 g/mol. The summed E-state index contributed by atoms with van der Waals surface area (Å²) in [5, 5.41) is 21.1. The number of carboxylic acid groups (broad SMARTS) is 1. The van der Waals surface area contributed by atoms with Gasteiger partial charge < -0.3 is 20.5 Å². The zero-order valence-electron chi connectivity index (χ0n) is 14.1. The van der Waals surface area contributed by atoms with E-state index in [1.807, 2.05) is 6.92 Å². The van der Waals surface area contributed by atoms with Crippen LogP contribution in [0.5, 0.6) is 5.75 Å². The maximum atomic E-state index is 12.0. The lowest BCUT2D eigenvalue weighted by Crippen LogP contribution is -2.36. The normalized spacial score (nSPS) is 10.2. The Bertz CT molecular complexity index is 772. The van der Waals surface area contributed by atoms with Crippen LogP contribution in [0, 0.1) is 0 Å². The van der Waals surface area contributed by atoms with Gasteiger partial charge in [-0.15, -0.1) is 5.10 Å². The van der Waals surface area contributed by atoms with Crippen molar-refractivity contribution in [1.29, 1.82) is 0 Å². The number of aromatic nitrogens is 3. The van der Waals surface area contributed by atoms with Crippen LogP contribution < -0.4 is 15.4 Å². The van der Waals surface area contributed by atoms with Gasteiger partial charge in [0.15, 0.2) is 0 Å². The molecule has 0 unspecified atom stereocenters. The molecule has 2 aromatic rings. The molecule has 0 aliphatic heterocycles. The van der Waals surface area contributed by atoms with Gasteiger partial charge in [0.2, 0.25) is 5.91 Å². The van der Waals surface area contributed by atoms with E-state index in [2.05, 4.69) is 20.9 Å². The smallest absolute Gasteiger partial charge is 0.325 e. The molecule has 3 N–H and O–H groups in total. The van der Waals surface area contributed by atoms with Crippen LogP contribution in [0.4, 0.5) is 0 Å². The molecular formula is C16H19N5O5. The summed E-state index contributed by atoms with van der Waals surface area (Å²) in [5.41, 5.74) is 0.829. The summed E-state index contributed by atoms with van der Waals surface area (Å²) >= 11 is 0. The van der Waals surface area contributed by atoms with Gasteiger partial charge in [0.1, 0.15) is 18.0 Å². The first-order valence-electron chi connectivity index (χ1n) is 7.86. The number of nitrogens with zero attached hydrogens (tertiary/aromatic N) is 3. The molecule has 0 saturated carbocycles. The largest absolute Gasteiger partial charge is 0.494 e. The lowest BCUT2D eigenvalue weighted by atomic mass is 10.2. The van der Waals surface area contributed by atoms with Crippen molar-refractivity contribution in [2.24, 2.45) is 0 Å². The number of carbonyl (C=O) groups is 3. The van der Waals surface area contributed by atoms with Gasteiger partial charge in [-0.25, -0.2) is 4.68 Å². The number of nitrogens with one attached hydrogen (secondary N) is 2. The Labute approximate surface area is 149 Å². The minimum Gasteiger partial charge on any atom is -0.494 e. The van der Waals surface area contributed by atoms with Crippen LogP contribution in [0.15, 0.2) is 30.5 Å². The van der Waals surface area contributed by atoms with Crippen LogP contribution in [0.25, 0.3) is 0 Å². The molecule has 1 aromatic carbocycles. The monoisotopic (exact) mass is 361 g/mol. The van der Waals surface area contributed by atoms with Gasteiger partial charge in [0.25, 0.3) is 5.91 Å². The number of ether oxygens (including phenoxy) is 1. The molecular weight excluding hydrogens is 342 g/mol. The molecule has 1 heterocycles. The van der Waals surface area contributed by atoms with Gasteiger partial charge >= 0.3 is 5.97 Å². The summed E-state index contributed by atoms with van der Waals surface area (Å²) in [4.78, 5) is 34.3. The molecule has 0 spiro atoms. The molecule has 0 saturated heterocycles. The maximum absolute atomic E-state index is 12.0. The fourth-order valence-electron chi connectivity index (χ4n) is 2.02. The molecule has 0 aliphatic rings. The van der Waals surface area contributed by atoms with Gasteiger partial charge in [-0.05, 0) is 31.2 Å². The summed E-state index contributed by atoms with van der Waals surface area (Å²) in [6, 6.07) is 6.58. The van der Waals surface area contributed by atoms with E-state index in [9.17, 15) is 14.4 Å². The maximum Gasteiger partial charge on any atom is 0.325 e. The second kappa shape index (κ2) is 9.16. The third-order valence-electron chi connectivity index (χ3n) is 3.19. The van der Waals surface area contributed by atoms with E-state index in [1.54, 1.807) is 24.3 Å². The Kier molecular flexibility index (Phi) is 6.66. The van der Waals surface area contributed by atoms with Crippen LogP contribution >= 0.6 is 0 Å². The van der Waals surface area contributed by atoms with E-state index < -0.39 is 11.9 Å². The molecule has 0 aliphatic carbocycles. The number of rotatable bonds is 9. The summed E-state index contributed by atoms with van der Waals surface area (Å²) < 4.78 is 6.44. The van der Waals surface area contributed by atoms with Crippen molar-refractivity contribution < 1.29 is 24.2 Å². The van der Waals surface area contributed by atoms with E-state index in [0.29, 0.717) is 23.6 Å². The van der Waals surface area contributed by atoms with Crippen molar-refractivity contribution in [3.05, 3.63) is 41.7 Å². The van der Waals surface area contributed by atoms with Crippen molar-refractivity contribution in [3.63, 3.8) is 0 Å². The van der Waals surface area contributed by atoms with E-state index in [-0.39, 0.29) is 25.5 Å². The predicted molar refractivity (Wildman–Crippen MR) is 89.4 cm³/mol. The van der Waals surface area contributed by atoms with Gasteiger partial charge in [-0.2, -0.15) is 0 Å². The second-order valence-electron chi connectivity index (χ2n) is 5.22. The number of hydrogen-bond acceptors (Lipinski definition) is 6. The summed E-state index contributed by atoms with van der Waals surface area (Å²) in [7, 11) is 0. The zero-order chi connectivity index (χ0) is 18.9. The van der Waals surface area contributed by atoms with Gasteiger partial charge in [-0.3, -0.25) is 14.4 Å². The first-order chi connectivity index (χ1) is 12.5. The Morgan fingerprint density at radius 2 is 1.92 bits per heavy atom. The summed E-state index contributed by atoms with van der Waals surface area (Å²) in [6.45, 7) is 1.98. The molecule has 0 radical (unpaired) electrons. The SMILES string of the molecule is CCOc1ccc(C(=O)NCC(=O)NCc2cn(CC(=O)O)nn2)cc1. The highest BCUT2D eigenvalue weighted by molar-refractivity contribution is 5.96. The van der Waals surface area contributed by atoms with Crippen LogP contribution in [0.1, 0.15) is 23.0 Å². The molecule has 26 heavy (non-hydrogen) atoms. The zero-order valence-corrected chi connectivity index (χ0v) is 14.1. The van der Waals surface area contributed by atoms with Crippen LogP contribution in [-0.4, -0.2) is 51.0 Å². The Morgan fingerprint density at radius 1 is 1.19 bits per heavy atom. The fraction of sp³-hybridized carbons (Fsp3) is 0.312. The van der Waals surface area contributed by atoms with Crippen molar-refractivity contribution in [3.8, 4) is 5.75 Å². The minimum absolute atomic E-state index is 0.0807. The third kappa shape index (κ3) is 5.89. The number of benzene rings is 1. The van der Waals surface area contributed by atoms with Gasteiger partial charge in [0.05, 0.1) is 25.9 Å². The lowest BCUT2D eigenvalue weighted by Gasteiger charge is -2.07. The van der Waals surface area contributed by atoms with Gasteiger partial charge in [-0.1, -0.05) is 5.21 Å². The molecule has 2 rings (SSSR count). The van der Waals surface area contributed by atoms with E-state index in [0.717, 1.165) is 4.68 Å². The third-order valence-corrected chi connectivity index (χ3v) is 3.19. The summed E-state index contributed by atoms with van der Waals surface area (Å²) in [6.07, 6.45) is 1.42. The Morgan fingerprint density at radius 3 is 2.58 bits per heavy atom. The van der Waals surface area contributed by atoms with Crippen LogP contribution in [-0.2, 0) is 22.7 Å². The van der Waals surface area contributed by atoms with Crippen molar-refractivity contribution in [1.82, 2.24) is 25.6 Å². The molecule has 138 valence electrons. The Hall–Kier alpha value is -3.43. The average Bonchev–Trinajstić information content (AvgIpc) is 3.05. The van der Waals surface area contributed by atoms with Crippen molar-refractivity contribution in [2.75, 3.05) is 13.2 Å². The molecule has 2 amide bonds. The highest BCUT2D eigenvalue weighted by atomic mass is 16.5. The van der Waals surface area contributed by atoms with Crippen molar-refractivity contribution in [2.45, 2.75) is 20.0 Å². The van der Waals surface area contributed by atoms with Crippen LogP contribution in [0.2, 0.25) is 0 Å². The first-order valence-corrected chi connectivity index (χ1v) is 7.86. The molecule has 0 atom stereocenters. The molecule has 0 fully saturated rings. The van der Waals surface area contributed by atoms with E-state index in [1.165, 1.54) is 6.20 Å². The fourth-order valence-corrected chi connectivity index (χ4v) is 2.02. The highest BCUT2D eigenvalue weighted by Gasteiger charge is 2.09. The number of amides is 2. The van der Waals surface area contributed by atoms with Crippen molar-refractivity contribution >= 4 is 17.8 Å². The molecule has 10 heteroatoms. The van der Waals surface area contributed by atoms with E-state index in [4.69, 9.17) is 9.84 Å². The first kappa shape index (κ1) is 18.9. The standard InChI is InChI=1S/C16H19N5O5/c1-2-26-13-5-3-11(4-6-13)16(25)18-8-14(22)17-7-12-9-21(20-19-12)10-15(23)24/h3-6,9H,2,7-8,10H2,1H3,(H,17,22)(H,18,25)(H,23,24). The number of hydrogen-bond donors (Lipinski definition) is 3. The number of aliphatic carboxylic acids is 1. The lowest BCUT2D eigenvalue weighted by molar-refractivity contribution is -0.138.